The third-order valence-electron chi connectivity index (χ3n) is 4.97. The van der Waals surface area contributed by atoms with Gasteiger partial charge in [0.2, 0.25) is 0 Å². The number of fused-ring (bicyclic) bond motifs is 1. The fraction of sp³-hybridized carbons (Fsp3) is 0.286. The second kappa shape index (κ2) is 8.44. The summed E-state index contributed by atoms with van der Waals surface area (Å²) in [7, 11) is 1.79. The molecule has 4 rings (SSSR count). The van der Waals surface area contributed by atoms with E-state index in [-0.39, 0.29) is 6.04 Å². The number of halogens is 1. The zero-order valence-corrected chi connectivity index (χ0v) is 16.5. The van der Waals surface area contributed by atoms with E-state index in [9.17, 15) is 0 Å². The average molecular weight is 395 g/mol. The lowest BCUT2D eigenvalue weighted by Gasteiger charge is -2.20. The van der Waals surface area contributed by atoms with Crippen LogP contribution in [-0.4, -0.2) is 42.1 Å². The standard InChI is InChI=1S/C21H23ClN6/c1-23-21(26-13-19-17-6-3-2-5-15(17)8-11-24-19)27-16-9-12-28(14-16)20-18(22)7-4-10-25-20/h2-8,10-11,16H,9,12-14H2,1H3,(H2,23,26,27). The minimum atomic E-state index is 0.282. The van der Waals surface area contributed by atoms with E-state index in [0.717, 1.165) is 42.4 Å². The topological polar surface area (TPSA) is 65.4 Å². The van der Waals surface area contributed by atoms with Gasteiger partial charge in [-0.3, -0.25) is 9.98 Å². The zero-order chi connectivity index (χ0) is 19.3. The van der Waals surface area contributed by atoms with E-state index in [4.69, 9.17) is 11.6 Å². The van der Waals surface area contributed by atoms with Crippen LogP contribution in [0.25, 0.3) is 10.8 Å². The van der Waals surface area contributed by atoms with E-state index in [1.807, 2.05) is 36.5 Å². The summed E-state index contributed by atoms with van der Waals surface area (Å²) in [6.45, 7) is 2.36. The van der Waals surface area contributed by atoms with Crippen LogP contribution in [0.3, 0.4) is 0 Å². The smallest absolute Gasteiger partial charge is 0.191 e. The van der Waals surface area contributed by atoms with Crippen molar-refractivity contribution in [2.75, 3.05) is 25.0 Å². The van der Waals surface area contributed by atoms with E-state index in [1.54, 1.807) is 13.2 Å². The maximum atomic E-state index is 6.28. The van der Waals surface area contributed by atoms with Crippen LogP contribution in [0.4, 0.5) is 5.82 Å². The molecule has 28 heavy (non-hydrogen) atoms. The largest absolute Gasteiger partial charge is 0.353 e. The lowest BCUT2D eigenvalue weighted by atomic mass is 10.1. The van der Waals surface area contributed by atoms with Gasteiger partial charge in [0.1, 0.15) is 5.82 Å². The molecule has 144 valence electrons. The van der Waals surface area contributed by atoms with Crippen LogP contribution in [-0.2, 0) is 6.54 Å². The molecule has 0 bridgehead atoms. The monoisotopic (exact) mass is 394 g/mol. The summed E-state index contributed by atoms with van der Waals surface area (Å²) in [5.41, 5.74) is 1.01. The van der Waals surface area contributed by atoms with Crippen molar-refractivity contribution >= 4 is 34.2 Å². The predicted molar refractivity (Wildman–Crippen MR) is 115 cm³/mol. The number of benzene rings is 1. The fourth-order valence-electron chi connectivity index (χ4n) is 3.56. The van der Waals surface area contributed by atoms with E-state index < -0.39 is 0 Å². The zero-order valence-electron chi connectivity index (χ0n) is 15.8. The molecule has 1 unspecified atom stereocenters. The summed E-state index contributed by atoms with van der Waals surface area (Å²) >= 11 is 6.28. The number of rotatable bonds is 4. The molecule has 0 aliphatic carbocycles. The molecule has 2 N–H and O–H groups in total. The number of nitrogens with zero attached hydrogens (tertiary/aromatic N) is 4. The molecule has 3 aromatic rings. The molecular formula is C21H23ClN6. The third kappa shape index (κ3) is 4.02. The Morgan fingerprint density at radius 3 is 2.93 bits per heavy atom. The first kappa shape index (κ1) is 18.5. The summed E-state index contributed by atoms with van der Waals surface area (Å²) in [6, 6.07) is 14.3. The van der Waals surface area contributed by atoms with E-state index >= 15 is 0 Å². The highest BCUT2D eigenvalue weighted by atomic mass is 35.5. The fourth-order valence-corrected chi connectivity index (χ4v) is 3.80. The number of hydrogen-bond donors (Lipinski definition) is 2. The van der Waals surface area contributed by atoms with Gasteiger partial charge in [-0.25, -0.2) is 4.98 Å². The summed E-state index contributed by atoms with van der Waals surface area (Å²) < 4.78 is 0. The van der Waals surface area contributed by atoms with Crippen molar-refractivity contribution in [3.05, 3.63) is 65.6 Å². The molecule has 6 nitrogen and oxygen atoms in total. The Hall–Kier alpha value is -2.86. The molecule has 1 atom stereocenters. The molecule has 3 heterocycles. The molecule has 1 aliphatic heterocycles. The van der Waals surface area contributed by atoms with E-state index in [0.29, 0.717) is 11.6 Å². The Morgan fingerprint density at radius 1 is 1.18 bits per heavy atom. The van der Waals surface area contributed by atoms with E-state index in [2.05, 4.69) is 42.6 Å². The Labute approximate surface area is 169 Å². The highest BCUT2D eigenvalue weighted by Crippen LogP contribution is 2.25. The highest BCUT2D eigenvalue weighted by Gasteiger charge is 2.25. The van der Waals surface area contributed by atoms with Crippen molar-refractivity contribution in [3.8, 4) is 0 Å². The van der Waals surface area contributed by atoms with Gasteiger partial charge in [-0.15, -0.1) is 0 Å². The van der Waals surface area contributed by atoms with Crippen LogP contribution >= 0.6 is 11.6 Å². The average Bonchev–Trinajstić information content (AvgIpc) is 3.19. The first-order chi connectivity index (χ1) is 13.7. The molecule has 1 fully saturated rings. The first-order valence-electron chi connectivity index (χ1n) is 9.40. The second-order valence-electron chi connectivity index (χ2n) is 6.79. The van der Waals surface area contributed by atoms with Gasteiger partial charge in [0.05, 0.1) is 17.3 Å². The molecule has 7 heteroatoms. The van der Waals surface area contributed by atoms with Crippen molar-refractivity contribution in [2.24, 2.45) is 4.99 Å². The number of hydrogen-bond acceptors (Lipinski definition) is 4. The van der Waals surface area contributed by atoms with Gasteiger partial charge in [-0.2, -0.15) is 0 Å². The van der Waals surface area contributed by atoms with Gasteiger partial charge in [0, 0.05) is 44.0 Å². The SMILES string of the molecule is CN=C(NCc1nccc2ccccc12)NC1CCN(c2ncccc2Cl)C1. The van der Waals surface area contributed by atoms with Crippen LogP contribution in [0.1, 0.15) is 12.1 Å². The number of anilines is 1. The summed E-state index contributed by atoms with van der Waals surface area (Å²) in [5, 5.41) is 9.92. The maximum absolute atomic E-state index is 6.28. The van der Waals surface area contributed by atoms with Crippen LogP contribution < -0.4 is 15.5 Å². The number of aromatic nitrogens is 2. The Bertz CT molecular complexity index is 984. The molecule has 0 spiro atoms. The molecule has 2 aromatic heterocycles. The number of nitrogens with one attached hydrogen (secondary N) is 2. The summed E-state index contributed by atoms with van der Waals surface area (Å²) in [6.07, 6.45) is 4.63. The van der Waals surface area contributed by atoms with Crippen molar-refractivity contribution in [3.63, 3.8) is 0 Å². The van der Waals surface area contributed by atoms with Gasteiger partial charge < -0.3 is 15.5 Å². The van der Waals surface area contributed by atoms with Crippen molar-refractivity contribution < 1.29 is 0 Å². The first-order valence-corrected chi connectivity index (χ1v) is 9.77. The molecule has 1 saturated heterocycles. The minimum Gasteiger partial charge on any atom is -0.353 e. The normalized spacial score (nSPS) is 17.1. The number of aliphatic imine (C=N–C) groups is 1. The van der Waals surface area contributed by atoms with Crippen molar-refractivity contribution in [1.82, 2.24) is 20.6 Å². The number of pyridine rings is 2. The third-order valence-corrected chi connectivity index (χ3v) is 5.27. The lowest BCUT2D eigenvalue weighted by Crippen LogP contribution is -2.44. The predicted octanol–water partition coefficient (Wildman–Crippen LogP) is 3.23. The Balaban J connectivity index is 1.37. The molecule has 0 amide bonds. The quantitative estimate of drug-likeness (QED) is 0.525. The molecule has 1 aromatic carbocycles. The second-order valence-corrected chi connectivity index (χ2v) is 7.20. The van der Waals surface area contributed by atoms with Crippen LogP contribution in [0.5, 0.6) is 0 Å². The highest BCUT2D eigenvalue weighted by molar-refractivity contribution is 6.32. The van der Waals surface area contributed by atoms with Crippen LogP contribution in [0, 0.1) is 0 Å². The summed E-state index contributed by atoms with van der Waals surface area (Å²) in [4.78, 5) is 15.5. The maximum Gasteiger partial charge on any atom is 0.191 e. The van der Waals surface area contributed by atoms with Crippen molar-refractivity contribution in [1.29, 1.82) is 0 Å². The lowest BCUT2D eigenvalue weighted by molar-refractivity contribution is 0.647. The molecule has 0 radical (unpaired) electrons. The van der Waals surface area contributed by atoms with Gasteiger partial charge in [0.15, 0.2) is 5.96 Å². The van der Waals surface area contributed by atoms with E-state index in [1.165, 1.54) is 5.39 Å². The van der Waals surface area contributed by atoms with Gasteiger partial charge in [-0.05, 0) is 30.0 Å². The molecule has 1 aliphatic rings. The summed E-state index contributed by atoms with van der Waals surface area (Å²) in [5.74, 6) is 1.62. The van der Waals surface area contributed by atoms with Gasteiger partial charge in [-0.1, -0.05) is 35.9 Å². The number of guanidine groups is 1. The van der Waals surface area contributed by atoms with Crippen molar-refractivity contribution in [2.45, 2.75) is 19.0 Å². The van der Waals surface area contributed by atoms with Gasteiger partial charge >= 0.3 is 0 Å². The Morgan fingerprint density at radius 2 is 2.07 bits per heavy atom. The molecular weight excluding hydrogens is 372 g/mol. The molecule has 0 saturated carbocycles. The minimum absolute atomic E-state index is 0.282. The van der Waals surface area contributed by atoms with Gasteiger partial charge in [0.25, 0.3) is 0 Å². The van der Waals surface area contributed by atoms with Crippen LogP contribution in [0.15, 0.2) is 59.9 Å². The van der Waals surface area contributed by atoms with Crippen LogP contribution in [0.2, 0.25) is 5.02 Å². The Kier molecular flexibility index (Phi) is 5.58.